The summed E-state index contributed by atoms with van der Waals surface area (Å²) in [7, 11) is 0. The van der Waals surface area contributed by atoms with Gasteiger partial charge in [0.1, 0.15) is 0 Å². The lowest BCUT2D eigenvalue weighted by molar-refractivity contribution is -0.369. The summed E-state index contributed by atoms with van der Waals surface area (Å²) < 4.78 is 0. The highest BCUT2D eigenvalue weighted by atomic mass is 127. The molecule has 0 heterocycles. The van der Waals surface area contributed by atoms with Crippen LogP contribution in [0.3, 0.4) is 0 Å². The van der Waals surface area contributed by atoms with E-state index in [4.69, 9.17) is 0 Å². The Morgan fingerprint density at radius 2 is 1.00 bits per heavy atom. The van der Waals surface area contributed by atoms with Crippen LogP contribution in [-0.2, 0) is 0 Å². The normalized spacial score (nSPS) is 12.3. The predicted molar refractivity (Wildman–Crippen MR) is 91.6 cm³/mol. The molecule has 0 rings (SSSR count). The van der Waals surface area contributed by atoms with Gasteiger partial charge in [0.2, 0.25) is 0 Å². The Balaban J connectivity index is 0. The summed E-state index contributed by atoms with van der Waals surface area (Å²) >= 11 is 0. The SMILES string of the molecule is CC(C)CCC(CCC[NH3+])(CCC(C)C)CCC(C)C.[I-]. The van der Waals surface area contributed by atoms with Crippen LogP contribution in [0.1, 0.15) is 92.9 Å². The van der Waals surface area contributed by atoms with E-state index in [9.17, 15) is 0 Å². The minimum Gasteiger partial charge on any atom is -1.00 e. The molecule has 130 valence electrons. The molecule has 0 bridgehead atoms. The Morgan fingerprint density at radius 1 is 0.667 bits per heavy atom. The van der Waals surface area contributed by atoms with Gasteiger partial charge in [-0.3, -0.25) is 0 Å². The third-order valence-electron chi connectivity index (χ3n) is 4.71. The Hall–Kier alpha value is 0.690. The van der Waals surface area contributed by atoms with Gasteiger partial charge in [-0.05, 0) is 55.3 Å². The first-order valence-corrected chi connectivity index (χ1v) is 9.10. The number of halogens is 1. The molecule has 0 spiro atoms. The summed E-state index contributed by atoms with van der Waals surface area (Å²) in [6, 6.07) is 0. The molecule has 2 heteroatoms. The highest BCUT2D eigenvalue weighted by molar-refractivity contribution is 4.81. The summed E-state index contributed by atoms with van der Waals surface area (Å²) in [5.74, 6) is 2.52. The topological polar surface area (TPSA) is 27.6 Å². The molecule has 0 aliphatic carbocycles. The molecule has 0 saturated heterocycles. The van der Waals surface area contributed by atoms with Crippen molar-refractivity contribution in [2.75, 3.05) is 6.54 Å². The molecule has 0 aromatic rings. The molecule has 0 fully saturated rings. The Morgan fingerprint density at radius 3 is 1.24 bits per heavy atom. The lowest BCUT2D eigenvalue weighted by atomic mass is 9.69. The highest BCUT2D eigenvalue weighted by Gasteiger charge is 2.29. The monoisotopic (exact) mass is 411 g/mol. The van der Waals surface area contributed by atoms with Gasteiger partial charge in [-0.15, -0.1) is 0 Å². The van der Waals surface area contributed by atoms with E-state index in [1.165, 1.54) is 51.4 Å². The largest absolute Gasteiger partial charge is 1.00 e. The number of rotatable bonds is 12. The molecular weight excluding hydrogens is 369 g/mol. The van der Waals surface area contributed by atoms with Crippen molar-refractivity contribution in [3.05, 3.63) is 0 Å². The van der Waals surface area contributed by atoms with Crippen molar-refractivity contribution in [1.29, 1.82) is 0 Å². The van der Waals surface area contributed by atoms with Gasteiger partial charge in [0.05, 0.1) is 6.54 Å². The highest BCUT2D eigenvalue weighted by Crippen LogP contribution is 2.42. The average Bonchev–Trinajstić information content (AvgIpc) is 2.36. The van der Waals surface area contributed by atoms with Crippen LogP contribution in [0.15, 0.2) is 0 Å². The van der Waals surface area contributed by atoms with E-state index >= 15 is 0 Å². The van der Waals surface area contributed by atoms with E-state index in [-0.39, 0.29) is 24.0 Å². The molecule has 21 heavy (non-hydrogen) atoms. The van der Waals surface area contributed by atoms with Gasteiger partial charge in [-0.1, -0.05) is 60.8 Å². The van der Waals surface area contributed by atoms with Gasteiger partial charge >= 0.3 is 0 Å². The van der Waals surface area contributed by atoms with Gasteiger partial charge in [-0.2, -0.15) is 0 Å². The fourth-order valence-electron chi connectivity index (χ4n) is 3.03. The van der Waals surface area contributed by atoms with Crippen molar-refractivity contribution in [3.8, 4) is 0 Å². The number of quaternary nitrogens is 1. The average molecular weight is 411 g/mol. The van der Waals surface area contributed by atoms with Crippen LogP contribution in [0.25, 0.3) is 0 Å². The van der Waals surface area contributed by atoms with Crippen LogP contribution in [0.2, 0.25) is 0 Å². The third kappa shape index (κ3) is 12.9. The van der Waals surface area contributed by atoms with Crippen LogP contribution >= 0.6 is 0 Å². The number of hydrogen-bond donors (Lipinski definition) is 1. The van der Waals surface area contributed by atoms with Crippen molar-refractivity contribution in [2.45, 2.75) is 92.9 Å². The maximum absolute atomic E-state index is 4.07. The van der Waals surface area contributed by atoms with Gasteiger partial charge in [0, 0.05) is 0 Å². The van der Waals surface area contributed by atoms with E-state index < -0.39 is 0 Å². The van der Waals surface area contributed by atoms with Crippen LogP contribution < -0.4 is 29.7 Å². The van der Waals surface area contributed by atoms with Crippen LogP contribution in [-0.4, -0.2) is 6.54 Å². The molecule has 0 aromatic carbocycles. The van der Waals surface area contributed by atoms with Crippen molar-refractivity contribution in [3.63, 3.8) is 0 Å². The standard InChI is InChI=1S/C19H41N.HI/c1-16(2)8-12-19(11-7-15-20,13-9-17(3)4)14-10-18(5)6;/h16-18H,7-15,20H2,1-6H3;1H. The molecule has 0 aromatic heterocycles. The minimum absolute atomic E-state index is 0. The zero-order valence-corrected chi connectivity index (χ0v) is 17.8. The van der Waals surface area contributed by atoms with Gasteiger partial charge in [0.25, 0.3) is 0 Å². The maximum Gasteiger partial charge on any atom is 0.0740 e. The van der Waals surface area contributed by atoms with Crippen molar-refractivity contribution in [2.24, 2.45) is 23.2 Å². The number of hydrogen-bond acceptors (Lipinski definition) is 0. The van der Waals surface area contributed by atoms with Gasteiger partial charge < -0.3 is 29.7 Å². The first kappa shape index (κ1) is 23.9. The summed E-state index contributed by atoms with van der Waals surface area (Å²) in [4.78, 5) is 0. The fraction of sp³-hybridized carbons (Fsp3) is 1.00. The lowest BCUT2D eigenvalue weighted by Gasteiger charge is -2.36. The second-order valence-electron chi connectivity index (χ2n) is 8.25. The van der Waals surface area contributed by atoms with E-state index in [0.717, 1.165) is 24.3 Å². The molecule has 0 aliphatic heterocycles. The van der Waals surface area contributed by atoms with Gasteiger partial charge in [0.15, 0.2) is 0 Å². The maximum atomic E-state index is 4.07. The first-order valence-electron chi connectivity index (χ1n) is 9.10. The van der Waals surface area contributed by atoms with Gasteiger partial charge in [-0.25, -0.2) is 0 Å². The fourth-order valence-corrected chi connectivity index (χ4v) is 3.03. The molecule has 3 N–H and O–H groups in total. The van der Waals surface area contributed by atoms with Crippen molar-refractivity contribution in [1.82, 2.24) is 0 Å². The molecule has 0 aliphatic rings. The van der Waals surface area contributed by atoms with Crippen LogP contribution in [0.5, 0.6) is 0 Å². The molecule has 0 saturated carbocycles. The second kappa shape index (κ2) is 13.2. The quantitative estimate of drug-likeness (QED) is 0.478. The zero-order chi connectivity index (χ0) is 15.6. The Kier molecular flexibility index (Phi) is 15.0. The molecule has 0 atom stereocenters. The molecule has 0 amide bonds. The predicted octanol–water partition coefficient (Wildman–Crippen LogP) is 2.31. The van der Waals surface area contributed by atoms with Crippen LogP contribution in [0.4, 0.5) is 0 Å². The second-order valence-corrected chi connectivity index (χ2v) is 8.25. The Labute approximate surface area is 152 Å². The van der Waals surface area contributed by atoms with E-state index in [1.54, 1.807) is 0 Å². The lowest BCUT2D eigenvalue weighted by Crippen LogP contribution is -3.00. The summed E-state index contributed by atoms with van der Waals surface area (Å²) in [5.41, 5.74) is 4.68. The molecule has 0 radical (unpaired) electrons. The first-order chi connectivity index (χ1) is 9.31. The molecular formula is C19H42IN. The van der Waals surface area contributed by atoms with E-state index in [0.29, 0.717) is 5.41 Å². The van der Waals surface area contributed by atoms with Crippen LogP contribution in [0, 0.1) is 23.2 Å². The third-order valence-corrected chi connectivity index (χ3v) is 4.71. The van der Waals surface area contributed by atoms with E-state index in [2.05, 4.69) is 47.3 Å². The molecule has 0 unspecified atom stereocenters. The minimum atomic E-state index is 0. The van der Waals surface area contributed by atoms with Crippen molar-refractivity contribution >= 4 is 0 Å². The smallest absolute Gasteiger partial charge is 0.0740 e. The summed E-state index contributed by atoms with van der Waals surface area (Å²) in [6.45, 7) is 15.3. The van der Waals surface area contributed by atoms with Crippen molar-refractivity contribution < 1.29 is 29.7 Å². The van der Waals surface area contributed by atoms with E-state index in [1.807, 2.05) is 0 Å². The molecule has 1 nitrogen and oxygen atoms in total. The summed E-state index contributed by atoms with van der Waals surface area (Å²) in [6.07, 6.45) is 11.2. The Bertz CT molecular complexity index is 192. The summed E-state index contributed by atoms with van der Waals surface area (Å²) in [5, 5.41) is 0. The zero-order valence-electron chi connectivity index (χ0n) is 15.7.